The third-order valence-electron chi connectivity index (χ3n) is 6.98. The number of likely N-dealkylation sites (tertiary alicyclic amines) is 1. The summed E-state index contributed by atoms with van der Waals surface area (Å²) in [7, 11) is 1.63. The Bertz CT molecular complexity index is 1480. The van der Waals surface area contributed by atoms with Gasteiger partial charge in [0.25, 0.3) is 5.91 Å². The molecule has 1 fully saturated rings. The van der Waals surface area contributed by atoms with E-state index in [0.717, 1.165) is 46.5 Å². The molecule has 1 aromatic carbocycles. The number of carbonyl (C=O) groups excluding carboxylic acids is 2. The Morgan fingerprint density at radius 1 is 1.05 bits per heavy atom. The SMILES string of the molecule is CNC(=O)c1ccnc2c([C@H](C)CNc3cc(-c4ccc(NCCN5CCCC5=O)nc4)ncn3)cccc12.S. The average Bonchev–Trinajstić information content (AvgIpc) is 3.39. The molecule has 4 aromatic rings. The van der Waals surface area contributed by atoms with Crippen LogP contribution in [0.2, 0.25) is 0 Å². The number of amides is 2. The molecule has 2 amide bonds. The Kier molecular flexibility index (Phi) is 9.49. The van der Waals surface area contributed by atoms with Gasteiger partial charge >= 0.3 is 0 Å². The van der Waals surface area contributed by atoms with E-state index in [9.17, 15) is 9.59 Å². The normalized spacial score (nSPS) is 13.6. The first kappa shape index (κ1) is 28.8. The quantitative estimate of drug-likeness (QED) is 0.268. The summed E-state index contributed by atoms with van der Waals surface area (Å²) in [6.45, 7) is 4.94. The number of para-hydroxylation sites is 1. The molecule has 4 heterocycles. The molecule has 0 radical (unpaired) electrons. The molecule has 1 atom stereocenters. The fraction of sp³-hybridized carbons (Fsp3) is 0.310. The number of hydrogen-bond acceptors (Lipinski definition) is 8. The lowest BCUT2D eigenvalue weighted by Gasteiger charge is -2.16. The van der Waals surface area contributed by atoms with E-state index in [2.05, 4.69) is 42.8 Å². The summed E-state index contributed by atoms with van der Waals surface area (Å²) in [6, 6.07) is 13.5. The minimum Gasteiger partial charge on any atom is -0.369 e. The number of hydrogen-bond donors (Lipinski definition) is 3. The number of anilines is 2. The van der Waals surface area contributed by atoms with Crippen LogP contribution in [-0.2, 0) is 4.79 Å². The number of benzene rings is 1. The van der Waals surface area contributed by atoms with E-state index in [1.165, 1.54) is 6.33 Å². The van der Waals surface area contributed by atoms with Crippen LogP contribution in [0.15, 0.2) is 61.2 Å². The Balaban J connectivity index is 0.00000370. The van der Waals surface area contributed by atoms with Crippen molar-refractivity contribution in [3.05, 3.63) is 72.3 Å². The van der Waals surface area contributed by atoms with E-state index in [1.54, 1.807) is 25.5 Å². The molecule has 1 saturated heterocycles. The molecule has 5 rings (SSSR count). The highest BCUT2D eigenvalue weighted by molar-refractivity contribution is 7.59. The molecular weight excluding hydrogens is 524 g/mol. The Morgan fingerprint density at radius 2 is 1.93 bits per heavy atom. The fourth-order valence-electron chi connectivity index (χ4n) is 4.82. The second-order valence-corrected chi connectivity index (χ2v) is 9.59. The van der Waals surface area contributed by atoms with Gasteiger partial charge in [-0.25, -0.2) is 15.0 Å². The van der Waals surface area contributed by atoms with Crippen LogP contribution < -0.4 is 16.0 Å². The fourth-order valence-corrected chi connectivity index (χ4v) is 4.82. The minimum absolute atomic E-state index is 0. The van der Waals surface area contributed by atoms with Crippen LogP contribution in [0, 0.1) is 0 Å². The summed E-state index contributed by atoms with van der Waals surface area (Å²) in [6.07, 6.45) is 6.60. The number of aromatic nitrogens is 4. The van der Waals surface area contributed by atoms with Crippen molar-refractivity contribution in [1.29, 1.82) is 0 Å². The number of pyridine rings is 2. The summed E-state index contributed by atoms with van der Waals surface area (Å²) in [4.78, 5) is 43.8. The molecule has 0 aliphatic carbocycles. The Hall–Kier alpha value is -4.25. The lowest BCUT2D eigenvalue weighted by atomic mass is 9.96. The van der Waals surface area contributed by atoms with Crippen molar-refractivity contribution in [2.75, 3.05) is 43.9 Å². The lowest BCUT2D eigenvalue weighted by Crippen LogP contribution is -2.30. The minimum atomic E-state index is -0.129. The third kappa shape index (κ3) is 6.48. The van der Waals surface area contributed by atoms with Crippen molar-refractivity contribution in [3.63, 3.8) is 0 Å². The summed E-state index contributed by atoms with van der Waals surface area (Å²) in [5.41, 5.74) is 4.14. The van der Waals surface area contributed by atoms with Crippen LogP contribution >= 0.6 is 13.5 Å². The zero-order valence-corrected chi connectivity index (χ0v) is 23.6. The van der Waals surface area contributed by atoms with Gasteiger partial charge in [-0.1, -0.05) is 25.1 Å². The highest BCUT2D eigenvalue weighted by Crippen LogP contribution is 2.27. The molecule has 208 valence electrons. The maximum atomic E-state index is 12.3. The number of nitrogens with one attached hydrogen (secondary N) is 3. The van der Waals surface area contributed by atoms with Crippen molar-refractivity contribution in [1.82, 2.24) is 30.2 Å². The molecule has 3 aromatic heterocycles. The third-order valence-corrected chi connectivity index (χ3v) is 6.98. The number of rotatable bonds is 10. The Labute approximate surface area is 240 Å². The highest BCUT2D eigenvalue weighted by atomic mass is 32.1. The summed E-state index contributed by atoms with van der Waals surface area (Å²) >= 11 is 0. The molecule has 0 saturated carbocycles. The van der Waals surface area contributed by atoms with Crippen molar-refractivity contribution in [3.8, 4) is 11.3 Å². The van der Waals surface area contributed by atoms with Crippen LogP contribution in [0.1, 0.15) is 41.6 Å². The predicted octanol–water partition coefficient (Wildman–Crippen LogP) is 3.81. The van der Waals surface area contributed by atoms with Crippen LogP contribution in [0.4, 0.5) is 11.6 Å². The van der Waals surface area contributed by atoms with Gasteiger partial charge in [-0.05, 0) is 30.2 Å². The topological polar surface area (TPSA) is 125 Å². The average molecular weight is 559 g/mol. The predicted molar refractivity (Wildman–Crippen MR) is 162 cm³/mol. The summed E-state index contributed by atoms with van der Waals surface area (Å²) in [5.74, 6) is 1.68. The van der Waals surface area contributed by atoms with Crippen LogP contribution in [-0.4, -0.2) is 69.9 Å². The maximum absolute atomic E-state index is 12.3. The van der Waals surface area contributed by atoms with Gasteiger partial charge in [0.15, 0.2) is 0 Å². The van der Waals surface area contributed by atoms with Crippen molar-refractivity contribution < 1.29 is 9.59 Å². The molecular formula is C29H34N8O2S. The maximum Gasteiger partial charge on any atom is 0.251 e. The molecule has 3 N–H and O–H groups in total. The smallest absolute Gasteiger partial charge is 0.251 e. The van der Waals surface area contributed by atoms with Crippen molar-refractivity contribution in [2.24, 2.45) is 0 Å². The van der Waals surface area contributed by atoms with Gasteiger partial charge in [0, 0.05) is 75.0 Å². The number of carbonyl (C=O) groups is 2. The van der Waals surface area contributed by atoms with Gasteiger partial charge in [0.1, 0.15) is 18.0 Å². The second-order valence-electron chi connectivity index (χ2n) is 9.59. The monoisotopic (exact) mass is 558 g/mol. The van der Waals surface area contributed by atoms with Crippen LogP contribution in [0.3, 0.4) is 0 Å². The molecule has 11 heteroatoms. The first-order valence-corrected chi connectivity index (χ1v) is 13.2. The largest absolute Gasteiger partial charge is 0.369 e. The van der Waals surface area contributed by atoms with Gasteiger partial charge < -0.3 is 20.9 Å². The van der Waals surface area contributed by atoms with E-state index < -0.39 is 0 Å². The van der Waals surface area contributed by atoms with E-state index in [4.69, 9.17) is 0 Å². The molecule has 1 aliphatic rings. The lowest BCUT2D eigenvalue weighted by molar-refractivity contribution is -0.127. The first-order valence-electron chi connectivity index (χ1n) is 13.2. The number of fused-ring (bicyclic) bond motifs is 1. The zero-order valence-electron chi connectivity index (χ0n) is 22.6. The molecule has 10 nitrogen and oxygen atoms in total. The first-order chi connectivity index (χ1) is 19.0. The van der Waals surface area contributed by atoms with Gasteiger partial charge in [0.05, 0.1) is 16.8 Å². The van der Waals surface area contributed by atoms with Crippen molar-refractivity contribution >= 4 is 47.8 Å². The number of nitrogens with zero attached hydrogens (tertiary/aromatic N) is 5. The van der Waals surface area contributed by atoms with E-state index in [-0.39, 0.29) is 31.2 Å². The van der Waals surface area contributed by atoms with Gasteiger partial charge in [-0.2, -0.15) is 13.5 Å². The van der Waals surface area contributed by atoms with Gasteiger partial charge in [0.2, 0.25) is 5.91 Å². The van der Waals surface area contributed by atoms with E-state index >= 15 is 0 Å². The standard InChI is InChI=1S/C29H32N8O2.H2S/c1-19(21-5-3-6-22-23(29(39)30-2)10-11-32-28(21)22)16-33-26-15-24(35-18-36-26)20-8-9-25(34-17-20)31-12-14-37-13-4-7-27(37)38;/h3,5-6,8-11,15,17-19H,4,7,12-14,16H2,1-2H3,(H,30,39)(H,31,34)(H,33,35,36);1H2/t19-;/m1./s1. The molecule has 0 unspecified atom stereocenters. The van der Waals surface area contributed by atoms with Crippen LogP contribution in [0.25, 0.3) is 22.2 Å². The Morgan fingerprint density at radius 3 is 2.67 bits per heavy atom. The van der Waals surface area contributed by atoms with Gasteiger partial charge in [-0.15, -0.1) is 0 Å². The molecule has 0 spiro atoms. The highest BCUT2D eigenvalue weighted by Gasteiger charge is 2.19. The van der Waals surface area contributed by atoms with E-state index in [0.29, 0.717) is 37.4 Å². The van der Waals surface area contributed by atoms with E-state index in [1.807, 2.05) is 41.3 Å². The van der Waals surface area contributed by atoms with Crippen molar-refractivity contribution in [2.45, 2.75) is 25.7 Å². The zero-order chi connectivity index (χ0) is 27.2. The molecule has 40 heavy (non-hydrogen) atoms. The molecule has 0 bridgehead atoms. The summed E-state index contributed by atoms with van der Waals surface area (Å²) < 4.78 is 0. The molecule has 1 aliphatic heterocycles. The van der Waals surface area contributed by atoms with Gasteiger partial charge in [-0.3, -0.25) is 14.6 Å². The second kappa shape index (κ2) is 13.2. The summed E-state index contributed by atoms with van der Waals surface area (Å²) in [5, 5.41) is 10.2. The van der Waals surface area contributed by atoms with Crippen LogP contribution in [0.5, 0.6) is 0 Å².